The largest absolute Gasteiger partial charge is 0.342 e. The number of primary sulfonamides is 1. The van der Waals surface area contributed by atoms with Gasteiger partial charge in [0.25, 0.3) is 5.91 Å². The summed E-state index contributed by atoms with van der Waals surface area (Å²) in [5.41, 5.74) is 2.04. The van der Waals surface area contributed by atoms with Crippen molar-refractivity contribution in [3.63, 3.8) is 0 Å². The summed E-state index contributed by atoms with van der Waals surface area (Å²) in [5.74, 6) is -0.499. The average molecular weight is 423 g/mol. The molecular formula is C23H22N2O4S. The lowest BCUT2D eigenvalue weighted by Gasteiger charge is -2.18. The molecule has 0 aliphatic rings. The van der Waals surface area contributed by atoms with Gasteiger partial charge in [0.15, 0.2) is 5.78 Å². The van der Waals surface area contributed by atoms with Crippen LogP contribution in [0.4, 0.5) is 0 Å². The first kappa shape index (κ1) is 21.4. The van der Waals surface area contributed by atoms with Gasteiger partial charge in [-0.1, -0.05) is 60.7 Å². The van der Waals surface area contributed by atoms with Crippen molar-refractivity contribution in [3.8, 4) is 0 Å². The lowest BCUT2D eigenvalue weighted by molar-refractivity contribution is -0.120. The molecule has 0 saturated carbocycles. The molecule has 30 heavy (non-hydrogen) atoms. The van der Waals surface area contributed by atoms with E-state index in [0.717, 1.165) is 5.56 Å². The van der Waals surface area contributed by atoms with E-state index in [2.05, 4.69) is 5.32 Å². The van der Waals surface area contributed by atoms with E-state index in [1.54, 1.807) is 36.4 Å². The van der Waals surface area contributed by atoms with Gasteiger partial charge in [-0.3, -0.25) is 9.59 Å². The second-order valence-electron chi connectivity index (χ2n) is 6.91. The molecule has 1 amide bonds. The molecule has 7 heteroatoms. The summed E-state index contributed by atoms with van der Waals surface area (Å²) < 4.78 is 22.8. The number of carbonyl (C=O) groups is 2. The fourth-order valence-electron chi connectivity index (χ4n) is 3.05. The summed E-state index contributed by atoms with van der Waals surface area (Å²) in [5, 5.41) is 7.94. The van der Waals surface area contributed by atoms with Crippen LogP contribution in [0.1, 0.15) is 21.5 Å². The molecule has 0 fully saturated rings. The maximum absolute atomic E-state index is 13.0. The number of amides is 1. The van der Waals surface area contributed by atoms with Crippen molar-refractivity contribution in [2.45, 2.75) is 23.8 Å². The summed E-state index contributed by atoms with van der Waals surface area (Å²) in [4.78, 5) is 25.6. The minimum Gasteiger partial charge on any atom is -0.342 e. The number of ketones is 1. The Hall–Kier alpha value is -3.29. The third-order valence-corrected chi connectivity index (χ3v) is 5.57. The van der Waals surface area contributed by atoms with Crippen LogP contribution in [0, 0.1) is 0 Å². The van der Waals surface area contributed by atoms with Crippen molar-refractivity contribution < 1.29 is 18.0 Å². The molecule has 3 N–H and O–H groups in total. The molecule has 0 spiro atoms. The van der Waals surface area contributed by atoms with Crippen LogP contribution >= 0.6 is 0 Å². The third kappa shape index (κ3) is 5.85. The zero-order valence-electron chi connectivity index (χ0n) is 16.2. The Balaban J connectivity index is 1.78. The Morgan fingerprint density at radius 2 is 1.37 bits per heavy atom. The van der Waals surface area contributed by atoms with E-state index < -0.39 is 16.1 Å². The minimum absolute atomic E-state index is 0.0167. The maximum atomic E-state index is 13.0. The molecule has 3 aromatic carbocycles. The number of hydrogen-bond donors (Lipinski definition) is 2. The summed E-state index contributed by atoms with van der Waals surface area (Å²) in [7, 11) is -3.79. The van der Waals surface area contributed by atoms with Crippen LogP contribution in [0.5, 0.6) is 0 Å². The van der Waals surface area contributed by atoms with Crippen molar-refractivity contribution >= 4 is 21.7 Å². The highest BCUT2D eigenvalue weighted by atomic mass is 32.2. The van der Waals surface area contributed by atoms with Gasteiger partial charge in [-0.2, -0.15) is 0 Å². The van der Waals surface area contributed by atoms with Gasteiger partial charge in [0.05, 0.1) is 10.9 Å². The van der Waals surface area contributed by atoms with E-state index in [9.17, 15) is 18.0 Å². The van der Waals surface area contributed by atoms with Gasteiger partial charge in [0, 0.05) is 12.0 Å². The molecule has 3 rings (SSSR count). The number of nitrogens with one attached hydrogen (secondary N) is 1. The zero-order valence-corrected chi connectivity index (χ0v) is 17.0. The standard InChI is InChI=1S/C23H22N2O4S/c24-30(28,29)20-13-11-18(12-14-20)16-22(26)21(15-17-7-3-1-4-8-17)25-23(27)19-9-5-2-6-10-19/h1-14,21H,15-16H2,(H,25,27)(H2,24,28,29)/t21-/m0/s1. The summed E-state index contributed by atoms with van der Waals surface area (Å²) in [6, 6.07) is 23.3. The second-order valence-corrected chi connectivity index (χ2v) is 8.48. The molecule has 1 atom stereocenters. The SMILES string of the molecule is NS(=O)(=O)c1ccc(CC(=O)[C@H](Cc2ccccc2)NC(=O)c2ccccc2)cc1. The number of Topliss-reactive ketones (excluding diaryl/α,β-unsaturated/α-hetero) is 1. The van der Waals surface area contributed by atoms with E-state index in [-0.39, 0.29) is 23.0 Å². The van der Waals surface area contributed by atoms with Gasteiger partial charge in [-0.05, 0) is 41.8 Å². The zero-order chi connectivity index (χ0) is 21.6. The van der Waals surface area contributed by atoms with Gasteiger partial charge < -0.3 is 5.32 Å². The van der Waals surface area contributed by atoms with Crippen LogP contribution in [-0.2, 0) is 27.7 Å². The monoisotopic (exact) mass is 422 g/mol. The summed E-state index contributed by atoms with van der Waals surface area (Å²) >= 11 is 0. The van der Waals surface area contributed by atoms with Crippen LogP contribution in [0.15, 0.2) is 89.8 Å². The van der Waals surface area contributed by atoms with Gasteiger partial charge in [-0.15, -0.1) is 0 Å². The number of benzene rings is 3. The first-order chi connectivity index (χ1) is 14.3. The smallest absolute Gasteiger partial charge is 0.251 e. The molecule has 154 valence electrons. The fourth-order valence-corrected chi connectivity index (χ4v) is 3.56. The fraction of sp³-hybridized carbons (Fsp3) is 0.130. The highest BCUT2D eigenvalue weighted by molar-refractivity contribution is 7.89. The van der Waals surface area contributed by atoms with Crippen LogP contribution in [0.2, 0.25) is 0 Å². The van der Waals surface area contributed by atoms with Gasteiger partial charge >= 0.3 is 0 Å². The molecule has 0 saturated heterocycles. The van der Waals surface area contributed by atoms with Gasteiger partial charge in [0.1, 0.15) is 0 Å². The van der Waals surface area contributed by atoms with Crippen molar-refractivity contribution in [2.75, 3.05) is 0 Å². The lowest BCUT2D eigenvalue weighted by atomic mass is 9.97. The molecule has 3 aromatic rings. The molecule has 0 aliphatic carbocycles. The first-order valence-electron chi connectivity index (χ1n) is 9.37. The van der Waals surface area contributed by atoms with Crippen LogP contribution < -0.4 is 10.5 Å². The number of rotatable bonds is 8. The number of carbonyl (C=O) groups excluding carboxylic acids is 2. The number of nitrogens with two attached hydrogens (primary N) is 1. The molecule has 0 radical (unpaired) electrons. The molecule has 0 aromatic heterocycles. The Labute approximate surface area is 175 Å². The average Bonchev–Trinajstić information content (AvgIpc) is 2.74. The molecule has 0 heterocycles. The maximum Gasteiger partial charge on any atom is 0.251 e. The van der Waals surface area contributed by atoms with E-state index >= 15 is 0 Å². The van der Waals surface area contributed by atoms with E-state index in [1.165, 1.54) is 12.1 Å². The number of hydrogen-bond acceptors (Lipinski definition) is 4. The van der Waals surface area contributed by atoms with Crippen LogP contribution in [0.3, 0.4) is 0 Å². The quantitative estimate of drug-likeness (QED) is 0.582. The highest BCUT2D eigenvalue weighted by Crippen LogP contribution is 2.12. The molecule has 0 bridgehead atoms. The van der Waals surface area contributed by atoms with Crippen LogP contribution in [0.25, 0.3) is 0 Å². The summed E-state index contributed by atoms with van der Waals surface area (Å²) in [6.07, 6.45) is 0.408. The first-order valence-corrected chi connectivity index (χ1v) is 10.9. The van der Waals surface area contributed by atoms with Crippen molar-refractivity contribution in [2.24, 2.45) is 5.14 Å². The van der Waals surface area contributed by atoms with Gasteiger partial charge in [0.2, 0.25) is 10.0 Å². The second kappa shape index (κ2) is 9.47. The van der Waals surface area contributed by atoms with Crippen molar-refractivity contribution in [1.82, 2.24) is 5.32 Å². The predicted octanol–water partition coefficient (Wildman–Crippen LogP) is 2.49. The Kier molecular flexibility index (Phi) is 6.76. The van der Waals surface area contributed by atoms with E-state index in [4.69, 9.17) is 5.14 Å². The molecule has 0 unspecified atom stereocenters. The van der Waals surface area contributed by atoms with Crippen LogP contribution in [-0.4, -0.2) is 26.2 Å². The Morgan fingerprint density at radius 1 is 0.800 bits per heavy atom. The Morgan fingerprint density at radius 3 is 1.93 bits per heavy atom. The number of sulfonamides is 1. The molecule has 0 aliphatic heterocycles. The minimum atomic E-state index is -3.79. The Bertz CT molecular complexity index is 1110. The molecular weight excluding hydrogens is 400 g/mol. The molecule has 6 nitrogen and oxygen atoms in total. The normalized spacial score (nSPS) is 12.2. The third-order valence-electron chi connectivity index (χ3n) is 4.64. The predicted molar refractivity (Wildman–Crippen MR) is 114 cm³/mol. The summed E-state index contributed by atoms with van der Waals surface area (Å²) in [6.45, 7) is 0. The highest BCUT2D eigenvalue weighted by Gasteiger charge is 2.22. The topological polar surface area (TPSA) is 106 Å². The lowest BCUT2D eigenvalue weighted by Crippen LogP contribution is -2.43. The van der Waals surface area contributed by atoms with Crippen molar-refractivity contribution in [3.05, 3.63) is 102 Å². The van der Waals surface area contributed by atoms with E-state index in [1.807, 2.05) is 36.4 Å². The van der Waals surface area contributed by atoms with Gasteiger partial charge in [-0.25, -0.2) is 13.6 Å². The van der Waals surface area contributed by atoms with Crippen molar-refractivity contribution in [1.29, 1.82) is 0 Å². The van der Waals surface area contributed by atoms with E-state index in [0.29, 0.717) is 17.5 Å².